The molecule has 51 heavy (non-hydrogen) atoms. The highest BCUT2D eigenvalue weighted by Gasteiger charge is 2.27. The number of aliphatic hydroxyl groups excluding tert-OH is 1. The highest BCUT2D eigenvalue weighted by Crippen LogP contribution is 2.50. The first kappa shape index (κ1) is 36.0. The largest absolute Gasteiger partial charge is 0.507 e. The lowest BCUT2D eigenvalue weighted by Crippen LogP contribution is -2.27. The summed E-state index contributed by atoms with van der Waals surface area (Å²) in [5, 5.41) is 34.0. The number of aliphatic imine (C=N–C) groups is 2. The second-order valence-electron chi connectivity index (χ2n) is 13.2. The van der Waals surface area contributed by atoms with Crippen molar-refractivity contribution in [1.29, 1.82) is 0 Å². The van der Waals surface area contributed by atoms with Gasteiger partial charge < -0.3 is 20.1 Å². The molecule has 6 rings (SSSR count). The van der Waals surface area contributed by atoms with Crippen LogP contribution in [0.5, 0.6) is 11.5 Å². The Labute approximate surface area is 301 Å². The van der Waals surface area contributed by atoms with Crippen LogP contribution >= 0.6 is 7.05 Å². The molecule has 262 valence electrons. The van der Waals surface area contributed by atoms with Gasteiger partial charge in [0.1, 0.15) is 11.5 Å². The quantitative estimate of drug-likeness (QED) is 0.0895. The van der Waals surface area contributed by atoms with Crippen molar-refractivity contribution in [3.05, 3.63) is 149 Å². The van der Waals surface area contributed by atoms with E-state index in [1.807, 2.05) is 98.8 Å². The van der Waals surface area contributed by atoms with E-state index in [1.54, 1.807) is 18.5 Å². The molecule has 1 saturated carbocycles. The summed E-state index contributed by atoms with van der Waals surface area (Å²) in [6.07, 6.45) is 7.73. The highest BCUT2D eigenvalue weighted by atomic mass is 31.2. The Balaban J connectivity index is 1.25. The summed E-state index contributed by atoms with van der Waals surface area (Å²) in [6, 6.07) is 38.3. The molecule has 2 atom stereocenters. The average Bonchev–Trinajstić information content (AvgIpc) is 3.16. The first-order chi connectivity index (χ1) is 24.9. The number of phenols is 2. The minimum absolute atomic E-state index is 0.0522. The van der Waals surface area contributed by atoms with Crippen LogP contribution in [0.25, 0.3) is 0 Å². The fraction of sp³-hybridized carbons (Fsp3) is 0.256. The van der Waals surface area contributed by atoms with E-state index in [9.17, 15) is 15.3 Å². The predicted octanol–water partition coefficient (Wildman–Crippen LogP) is 8.71. The summed E-state index contributed by atoms with van der Waals surface area (Å²) in [7, 11) is -2.42. The van der Waals surface area contributed by atoms with Gasteiger partial charge in [0.15, 0.2) is 0 Å². The summed E-state index contributed by atoms with van der Waals surface area (Å²) in [5.41, 5.74) is 5.27. The number of aromatic hydroxyl groups is 2. The van der Waals surface area contributed by atoms with Crippen molar-refractivity contribution in [2.45, 2.75) is 64.8 Å². The van der Waals surface area contributed by atoms with Crippen LogP contribution in [0, 0.1) is 13.8 Å². The third-order valence-corrected chi connectivity index (χ3v) is 12.8. The predicted molar refractivity (Wildman–Crippen MR) is 210 cm³/mol. The Kier molecular flexibility index (Phi) is 12.0. The molecule has 1 aliphatic rings. The lowest BCUT2D eigenvalue weighted by molar-refractivity contribution is 0.163. The second-order valence-corrected chi connectivity index (χ2v) is 16.2. The number of hydrogen-bond donors (Lipinski definition) is 3. The van der Waals surface area contributed by atoms with Crippen LogP contribution in [0.15, 0.2) is 130 Å². The van der Waals surface area contributed by atoms with Crippen molar-refractivity contribution in [3.8, 4) is 11.5 Å². The van der Waals surface area contributed by atoms with Crippen LogP contribution in [0.4, 0.5) is 5.69 Å². The molecule has 0 aromatic heterocycles. The topological polar surface area (TPSA) is 107 Å². The highest BCUT2D eigenvalue weighted by molar-refractivity contribution is 7.80. The van der Waals surface area contributed by atoms with Gasteiger partial charge in [-0.25, -0.2) is 0 Å². The Hall–Kier alpha value is -4.81. The number of nitrogens with zero attached hydrogens (tertiary/aromatic N) is 3. The third kappa shape index (κ3) is 8.74. The standard InChI is InChI=1S/C43H46N3O4P/c1-31-22-33(42(48)35(24-31)28-47)26-44-40-20-12-13-21-41(40)45-27-34-23-32(2)25-36(43(34)49)29-50-30-51(38-16-8-4-9-17-38,39-18-10-5-11-19-39)46-37-14-6-3-7-15-37/h3-11,14-19,22-27,40-41,47-49H,12-13,20-21,28-30H2,1-2H3. The molecule has 0 bridgehead atoms. The third-order valence-electron chi connectivity index (χ3n) is 9.34. The average molecular weight is 700 g/mol. The van der Waals surface area contributed by atoms with Gasteiger partial charge in [0.25, 0.3) is 0 Å². The SMILES string of the molecule is Cc1cc(C=NC2CCCCC2N=Cc2cc(C)cc(COCP(=Nc3ccccc3)(c3ccccc3)c3ccccc3)c2O)c(O)c(CO)c1. The second kappa shape index (κ2) is 16.9. The Bertz CT molecular complexity index is 1990. The number of rotatable bonds is 12. The van der Waals surface area contributed by atoms with Crippen LogP contribution in [-0.4, -0.2) is 46.2 Å². The van der Waals surface area contributed by atoms with Crippen molar-refractivity contribution in [3.63, 3.8) is 0 Å². The van der Waals surface area contributed by atoms with Crippen LogP contribution in [0.1, 0.15) is 59.1 Å². The van der Waals surface area contributed by atoms with Gasteiger partial charge in [-0.15, -0.1) is 0 Å². The zero-order valence-corrected chi connectivity index (χ0v) is 30.2. The van der Waals surface area contributed by atoms with E-state index in [2.05, 4.69) is 24.3 Å². The van der Waals surface area contributed by atoms with E-state index in [0.717, 1.165) is 53.1 Å². The van der Waals surface area contributed by atoms with E-state index < -0.39 is 7.05 Å². The fourth-order valence-electron chi connectivity index (χ4n) is 6.76. The molecule has 0 radical (unpaired) electrons. The van der Waals surface area contributed by atoms with Gasteiger partial charge in [-0.05, 0) is 72.7 Å². The lowest BCUT2D eigenvalue weighted by atomic mass is 9.91. The number of aryl methyl sites for hydroxylation is 2. The molecule has 5 aromatic carbocycles. The van der Waals surface area contributed by atoms with Crippen LogP contribution < -0.4 is 10.6 Å². The molecule has 2 unspecified atom stereocenters. The Morgan fingerprint density at radius 1 is 0.667 bits per heavy atom. The van der Waals surface area contributed by atoms with E-state index in [1.165, 1.54) is 0 Å². The van der Waals surface area contributed by atoms with Gasteiger partial charge >= 0.3 is 0 Å². The molecule has 0 saturated heterocycles. The van der Waals surface area contributed by atoms with E-state index in [-0.39, 0.29) is 36.8 Å². The zero-order chi connectivity index (χ0) is 35.6. The fourth-order valence-corrected chi connectivity index (χ4v) is 9.86. The summed E-state index contributed by atoms with van der Waals surface area (Å²) < 4.78 is 12.0. The van der Waals surface area contributed by atoms with Gasteiger partial charge in [-0.2, -0.15) is 0 Å². The minimum Gasteiger partial charge on any atom is -0.507 e. The molecule has 3 N–H and O–H groups in total. The van der Waals surface area contributed by atoms with Crippen molar-refractivity contribution in [2.75, 3.05) is 6.35 Å². The Morgan fingerprint density at radius 3 is 1.65 bits per heavy atom. The maximum absolute atomic E-state index is 11.5. The molecule has 1 aliphatic carbocycles. The van der Waals surface area contributed by atoms with Crippen molar-refractivity contribution in [2.24, 2.45) is 14.7 Å². The number of aliphatic hydroxyl groups is 1. The molecule has 0 spiro atoms. The summed E-state index contributed by atoms with van der Waals surface area (Å²) in [4.78, 5) is 9.81. The van der Waals surface area contributed by atoms with Gasteiger partial charge in [-0.1, -0.05) is 104 Å². The monoisotopic (exact) mass is 699 g/mol. The van der Waals surface area contributed by atoms with Crippen molar-refractivity contribution < 1.29 is 20.1 Å². The van der Waals surface area contributed by atoms with Crippen molar-refractivity contribution in [1.82, 2.24) is 0 Å². The normalized spacial score (nSPS) is 16.5. The summed E-state index contributed by atoms with van der Waals surface area (Å²) >= 11 is 0. The first-order valence-electron chi connectivity index (χ1n) is 17.5. The van der Waals surface area contributed by atoms with E-state index >= 15 is 0 Å². The molecule has 0 heterocycles. The summed E-state index contributed by atoms with van der Waals surface area (Å²) in [5.74, 6) is 0.215. The molecule has 0 amide bonds. The van der Waals surface area contributed by atoms with E-state index in [0.29, 0.717) is 28.6 Å². The maximum atomic E-state index is 11.5. The molecular weight excluding hydrogens is 653 g/mol. The van der Waals surface area contributed by atoms with Crippen LogP contribution in [0.3, 0.4) is 0 Å². The number of hydrogen-bond acceptors (Lipinski definition) is 7. The zero-order valence-electron chi connectivity index (χ0n) is 29.3. The smallest absolute Gasteiger partial charge is 0.129 e. The molecule has 1 fully saturated rings. The molecule has 0 aliphatic heterocycles. The maximum Gasteiger partial charge on any atom is 0.129 e. The molecule has 7 nitrogen and oxygen atoms in total. The van der Waals surface area contributed by atoms with Crippen LogP contribution in [0.2, 0.25) is 0 Å². The van der Waals surface area contributed by atoms with E-state index in [4.69, 9.17) is 19.5 Å². The molecule has 8 heteroatoms. The van der Waals surface area contributed by atoms with Crippen molar-refractivity contribution >= 4 is 35.8 Å². The van der Waals surface area contributed by atoms with Gasteiger partial charge in [0.2, 0.25) is 0 Å². The molecule has 5 aromatic rings. The van der Waals surface area contributed by atoms with Gasteiger partial charge in [0, 0.05) is 34.7 Å². The van der Waals surface area contributed by atoms with Gasteiger partial charge in [0.05, 0.1) is 44.4 Å². The van der Waals surface area contributed by atoms with Crippen LogP contribution in [-0.2, 0) is 18.0 Å². The number of benzene rings is 5. The first-order valence-corrected chi connectivity index (χ1v) is 19.5. The summed E-state index contributed by atoms with van der Waals surface area (Å²) in [6.45, 7) is 3.93. The number of ether oxygens (including phenoxy) is 1. The minimum atomic E-state index is -2.42. The van der Waals surface area contributed by atoms with Gasteiger partial charge in [-0.3, -0.25) is 14.7 Å². The Morgan fingerprint density at radius 2 is 1.14 bits per heavy atom. The number of phenolic OH excluding ortho intramolecular Hbond substituents is 1. The lowest BCUT2D eigenvalue weighted by Gasteiger charge is -2.26. The molecular formula is C43H46N3O4P.